The zero-order chi connectivity index (χ0) is 16.8. The van der Waals surface area contributed by atoms with E-state index >= 15 is 0 Å². The standard InChI is InChI=1S/C16H20ClFN2O3/c1-2-23-16(22)15(21)19-10-13(20-8-3-4-9-20)14-11(17)6-5-7-12(14)18/h5-7,13H,2-4,8-10H2,1H3,(H,19,21). The number of nitrogens with one attached hydrogen (secondary N) is 1. The summed E-state index contributed by atoms with van der Waals surface area (Å²) in [4.78, 5) is 25.2. The van der Waals surface area contributed by atoms with E-state index in [9.17, 15) is 14.0 Å². The molecule has 0 aliphatic carbocycles. The molecule has 2 rings (SSSR count). The molecule has 1 aliphatic heterocycles. The van der Waals surface area contributed by atoms with Crippen molar-refractivity contribution in [3.8, 4) is 0 Å². The SMILES string of the molecule is CCOC(=O)C(=O)NCC(c1c(F)cccc1Cl)N1CCCC1. The summed E-state index contributed by atoms with van der Waals surface area (Å²) in [6.45, 7) is 3.44. The van der Waals surface area contributed by atoms with Crippen molar-refractivity contribution in [1.82, 2.24) is 10.2 Å². The van der Waals surface area contributed by atoms with Crippen molar-refractivity contribution >= 4 is 23.5 Å². The fraction of sp³-hybridized carbons (Fsp3) is 0.500. The monoisotopic (exact) mass is 342 g/mol. The van der Waals surface area contributed by atoms with Crippen molar-refractivity contribution in [2.45, 2.75) is 25.8 Å². The molecule has 0 radical (unpaired) electrons. The maximum atomic E-state index is 14.2. The van der Waals surface area contributed by atoms with Crippen molar-refractivity contribution in [2.24, 2.45) is 0 Å². The molecule has 0 saturated carbocycles. The second-order valence-electron chi connectivity index (χ2n) is 5.32. The number of rotatable bonds is 5. The van der Waals surface area contributed by atoms with Gasteiger partial charge in [0.15, 0.2) is 0 Å². The average Bonchev–Trinajstić information content (AvgIpc) is 3.04. The van der Waals surface area contributed by atoms with Crippen molar-refractivity contribution < 1.29 is 18.7 Å². The minimum Gasteiger partial charge on any atom is -0.459 e. The molecule has 126 valence electrons. The quantitative estimate of drug-likeness (QED) is 0.659. The van der Waals surface area contributed by atoms with E-state index in [0.717, 1.165) is 25.9 Å². The molecule has 1 N–H and O–H groups in total. The number of carbonyl (C=O) groups excluding carboxylic acids is 2. The lowest BCUT2D eigenvalue weighted by molar-refractivity contribution is -0.154. The molecule has 0 spiro atoms. The minimum absolute atomic E-state index is 0.0955. The van der Waals surface area contributed by atoms with Gasteiger partial charge in [0.05, 0.1) is 12.6 Å². The van der Waals surface area contributed by atoms with E-state index in [1.54, 1.807) is 19.1 Å². The van der Waals surface area contributed by atoms with Gasteiger partial charge in [0.2, 0.25) is 0 Å². The molecular weight excluding hydrogens is 323 g/mol. The Hall–Kier alpha value is -1.66. The van der Waals surface area contributed by atoms with Crippen molar-refractivity contribution in [2.75, 3.05) is 26.2 Å². The van der Waals surface area contributed by atoms with Gasteiger partial charge in [0.1, 0.15) is 5.82 Å². The van der Waals surface area contributed by atoms with Crippen LogP contribution in [-0.4, -0.2) is 43.0 Å². The molecule has 1 aromatic carbocycles. The van der Waals surface area contributed by atoms with Crippen LogP contribution in [0, 0.1) is 5.82 Å². The molecule has 1 atom stereocenters. The number of esters is 1. The van der Waals surface area contributed by atoms with Gasteiger partial charge in [-0.1, -0.05) is 17.7 Å². The van der Waals surface area contributed by atoms with Gasteiger partial charge in [0, 0.05) is 17.1 Å². The molecule has 0 aromatic heterocycles. The highest BCUT2D eigenvalue weighted by Crippen LogP contribution is 2.31. The Kier molecular flexibility index (Phi) is 6.36. The second kappa shape index (κ2) is 8.26. The van der Waals surface area contributed by atoms with Crippen LogP contribution in [0.4, 0.5) is 4.39 Å². The summed E-state index contributed by atoms with van der Waals surface area (Å²) in [6, 6.07) is 4.09. The zero-order valence-electron chi connectivity index (χ0n) is 13.0. The molecule has 1 aliphatic rings. The lowest BCUT2D eigenvalue weighted by Gasteiger charge is -2.29. The Balaban J connectivity index is 2.15. The van der Waals surface area contributed by atoms with Crippen LogP contribution in [-0.2, 0) is 14.3 Å². The molecule has 1 saturated heterocycles. The summed E-state index contributed by atoms with van der Waals surface area (Å²) in [6.07, 6.45) is 2.02. The maximum absolute atomic E-state index is 14.2. The highest BCUT2D eigenvalue weighted by Gasteiger charge is 2.29. The first-order valence-corrected chi connectivity index (χ1v) is 8.05. The van der Waals surface area contributed by atoms with Crippen LogP contribution in [0.15, 0.2) is 18.2 Å². The molecule has 5 nitrogen and oxygen atoms in total. The first-order chi connectivity index (χ1) is 11.0. The van der Waals surface area contributed by atoms with E-state index in [1.807, 2.05) is 0 Å². The normalized spacial score (nSPS) is 16.1. The lowest BCUT2D eigenvalue weighted by atomic mass is 10.0. The first kappa shape index (κ1) is 17.7. The van der Waals surface area contributed by atoms with Crippen molar-refractivity contribution in [3.63, 3.8) is 0 Å². The number of ether oxygens (including phenoxy) is 1. The van der Waals surface area contributed by atoms with Gasteiger partial charge in [0.25, 0.3) is 0 Å². The third kappa shape index (κ3) is 4.42. The van der Waals surface area contributed by atoms with Crippen LogP contribution >= 0.6 is 11.6 Å². The fourth-order valence-corrected chi connectivity index (χ4v) is 3.04. The summed E-state index contributed by atoms with van der Waals surface area (Å²) in [5.74, 6) is -2.18. The summed E-state index contributed by atoms with van der Waals surface area (Å²) in [5.41, 5.74) is 0.347. The zero-order valence-corrected chi connectivity index (χ0v) is 13.7. The van der Waals surface area contributed by atoms with Crippen LogP contribution in [0.2, 0.25) is 5.02 Å². The maximum Gasteiger partial charge on any atom is 0.396 e. The van der Waals surface area contributed by atoms with E-state index in [2.05, 4.69) is 15.0 Å². The smallest absolute Gasteiger partial charge is 0.396 e. The molecule has 1 fully saturated rings. The number of amides is 1. The fourth-order valence-electron chi connectivity index (χ4n) is 2.75. The Morgan fingerprint density at radius 2 is 2.09 bits per heavy atom. The number of benzene rings is 1. The summed E-state index contributed by atoms with van der Waals surface area (Å²) in [5, 5.41) is 2.83. The molecule has 1 amide bonds. The molecule has 1 unspecified atom stereocenters. The Bertz CT molecular complexity index is 556. The van der Waals surface area contributed by atoms with Gasteiger partial charge in [-0.3, -0.25) is 9.69 Å². The predicted octanol–water partition coefficient (Wildman–Crippen LogP) is 2.30. The highest BCUT2D eigenvalue weighted by atomic mass is 35.5. The van der Waals surface area contributed by atoms with Crippen molar-refractivity contribution in [1.29, 1.82) is 0 Å². The Morgan fingerprint density at radius 3 is 2.70 bits per heavy atom. The van der Waals surface area contributed by atoms with Crippen LogP contribution in [0.1, 0.15) is 31.4 Å². The van der Waals surface area contributed by atoms with E-state index < -0.39 is 23.7 Å². The third-order valence-electron chi connectivity index (χ3n) is 3.83. The first-order valence-electron chi connectivity index (χ1n) is 7.67. The summed E-state index contributed by atoms with van der Waals surface area (Å²) >= 11 is 6.16. The van der Waals surface area contributed by atoms with E-state index in [-0.39, 0.29) is 13.2 Å². The number of halogens is 2. The van der Waals surface area contributed by atoms with Crippen LogP contribution < -0.4 is 5.32 Å². The Labute approximate surface area is 139 Å². The predicted molar refractivity (Wildman–Crippen MR) is 84.6 cm³/mol. The molecule has 1 heterocycles. The number of hydrogen-bond donors (Lipinski definition) is 1. The van der Waals surface area contributed by atoms with Gasteiger partial charge in [-0.2, -0.15) is 0 Å². The average molecular weight is 343 g/mol. The number of carbonyl (C=O) groups is 2. The van der Waals surface area contributed by atoms with E-state index in [1.165, 1.54) is 6.07 Å². The third-order valence-corrected chi connectivity index (χ3v) is 4.16. The van der Waals surface area contributed by atoms with E-state index in [4.69, 9.17) is 11.6 Å². The summed E-state index contributed by atoms with van der Waals surface area (Å²) in [7, 11) is 0. The number of hydrogen-bond acceptors (Lipinski definition) is 4. The molecule has 23 heavy (non-hydrogen) atoms. The highest BCUT2D eigenvalue weighted by molar-refractivity contribution is 6.32. The largest absolute Gasteiger partial charge is 0.459 e. The van der Waals surface area contributed by atoms with Gasteiger partial charge in [-0.25, -0.2) is 9.18 Å². The number of likely N-dealkylation sites (tertiary alicyclic amines) is 1. The second-order valence-corrected chi connectivity index (χ2v) is 5.73. The van der Waals surface area contributed by atoms with Gasteiger partial charge < -0.3 is 10.1 Å². The van der Waals surface area contributed by atoms with Crippen molar-refractivity contribution in [3.05, 3.63) is 34.6 Å². The minimum atomic E-state index is -0.938. The van der Waals surface area contributed by atoms with E-state index in [0.29, 0.717) is 10.6 Å². The van der Waals surface area contributed by atoms with Crippen LogP contribution in [0.5, 0.6) is 0 Å². The van der Waals surface area contributed by atoms with Crippen LogP contribution in [0.25, 0.3) is 0 Å². The molecule has 0 bridgehead atoms. The molecular formula is C16H20ClFN2O3. The van der Waals surface area contributed by atoms with Gasteiger partial charge >= 0.3 is 11.9 Å². The molecule has 7 heteroatoms. The van der Waals surface area contributed by atoms with Gasteiger partial charge in [-0.05, 0) is 45.0 Å². The summed E-state index contributed by atoms with van der Waals surface area (Å²) < 4.78 is 18.9. The number of nitrogens with zero attached hydrogens (tertiary/aromatic N) is 1. The van der Waals surface area contributed by atoms with Crippen LogP contribution in [0.3, 0.4) is 0 Å². The Morgan fingerprint density at radius 1 is 1.39 bits per heavy atom. The van der Waals surface area contributed by atoms with Gasteiger partial charge in [-0.15, -0.1) is 0 Å². The molecule has 1 aromatic rings. The lowest BCUT2D eigenvalue weighted by Crippen LogP contribution is -2.40. The topological polar surface area (TPSA) is 58.6 Å².